The highest BCUT2D eigenvalue weighted by molar-refractivity contribution is 6.32. The van der Waals surface area contributed by atoms with E-state index in [4.69, 9.17) is 11.6 Å². The van der Waals surface area contributed by atoms with E-state index in [1.807, 2.05) is 6.92 Å². The van der Waals surface area contributed by atoms with Gasteiger partial charge in [0.25, 0.3) is 0 Å². The molecule has 20 heavy (non-hydrogen) atoms. The molecule has 2 aromatic rings. The minimum Gasteiger partial charge on any atom is -0.313 e. The van der Waals surface area contributed by atoms with E-state index in [0.717, 1.165) is 29.2 Å². The van der Waals surface area contributed by atoms with Gasteiger partial charge in [-0.05, 0) is 18.2 Å². The fourth-order valence-corrected chi connectivity index (χ4v) is 1.87. The van der Waals surface area contributed by atoms with Gasteiger partial charge in [0.2, 0.25) is 0 Å². The maximum Gasteiger partial charge on any atom is 0.419 e. The summed E-state index contributed by atoms with van der Waals surface area (Å²) in [4.78, 5) is 4.06. The molecule has 4 nitrogen and oxygen atoms in total. The molecular formula is C12H12ClF3N4. The highest BCUT2D eigenvalue weighted by atomic mass is 35.5. The lowest BCUT2D eigenvalue weighted by atomic mass is 10.3. The highest BCUT2D eigenvalue weighted by Gasteiger charge is 2.32. The lowest BCUT2D eigenvalue weighted by molar-refractivity contribution is -0.137. The molecule has 0 aliphatic rings. The fourth-order valence-electron chi connectivity index (χ4n) is 1.59. The third-order valence-electron chi connectivity index (χ3n) is 2.58. The number of aromatic nitrogens is 3. The molecule has 2 rings (SSSR count). The van der Waals surface area contributed by atoms with Gasteiger partial charge in [0, 0.05) is 18.9 Å². The first-order valence-corrected chi connectivity index (χ1v) is 6.27. The van der Waals surface area contributed by atoms with Crippen LogP contribution >= 0.6 is 11.6 Å². The second-order valence-corrected chi connectivity index (χ2v) is 4.51. The topological polar surface area (TPSA) is 42.7 Å². The molecule has 2 heterocycles. The van der Waals surface area contributed by atoms with Crippen LogP contribution in [-0.2, 0) is 12.7 Å². The van der Waals surface area contributed by atoms with Crippen molar-refractivity contribution in [1.82, 2.24) is 20.1 Å². The summed E-state index contributed by atoms with van der Waals surface area (Å²) in [6.45, 7) is 3.36. The third kappa shape index (κ3) is 3.29. The first-order chi connectivity index (χ1) is 9.41. The summed E-state index contributed by atoms with van der Waals surface area (Å²) in [7, 11) is 0. The Labute approximate surface area is 118 Å². The molecule has 0 atom stereocenters. The van der Waals surface area contributed by atoms with Crippen molar-refractivity contribution >= 4 is 11.6 Å². The number of nitrogens with one attached hydrogen (secondary N) is 1. The molecule has 0 fully saturated rings. The van der Waals surface area contributed by atoms with Gasteiger partial charge >= 0.3 is 6.18 Å². The Hall–Kier alpha value is -1.60. The van der Waals surface area contributed by atoms with Gasteiger partial charge < -0.3 is 5.32 Å². The fraction of sp³-hybridized carbons (Fsp3) is 0.333. The zero-order valence-corrected chi connectivity index (χ0v) is 11.3. The smallest absolute Gasteiger partial charge is 0.313 e. The quantitative estimate of drug-likeness (QED) is 0.944. The number of nitrogens with zero attached hydrogens (tertiary/aromatic N) is 3. The van der Waals surface area contributed by atoms with Crippen LogP contribution in [0, 0.1) is 0 Å². The molecule has 8 heteroatoms. The lowest BCUT2D eigenvalue weighted by Crippen LogP contribution is -2.12. The maximum atomic E-state index is 12.5. The van der Waals surface area contributed by atoms with Crippen molar-refractivity contribution in [3.8, 4) is 5.82 Å². The van der Waals surface area contributed by atoms with E-state index in [9.17, 15) is 13.2 Å². The van der Waals surface area contributed by atoms with Gasteiger partial charge in [-0.25, -0.2) is 9.67 Å². The molecular weight excluding hydrogens is 293 g/mol. The Morgan fingerprint density at radius 2 is 2.10 bits per heavy atom. The van der Waals surface area contributed by atoms with Crippen molar-refractivity contribution < 1.29 is 13.2 Å². The molecule has 2 aromatic heterocycles. The van der Waals surface area contributed by atoms with E-state index in [0.29, 0.717) is 6.54 Å². The van der Waals surface area contributed by atoms with Gasteiger partial charge in [-0.15, -0.1) is 0 Å². The molecule has 0 aliphatic heterocycles. The molecule has 108 valence electrons. The highest BCUT2D eigenvalue weighted by Crippen LogP contribution is 2.29. The monoisotopic (exact) mass is 304 g/mol. The molecule has 0 aliphatic carbocycles. The Morgan fingerprint density at radius 3 is 2.65 bits per heavy atom. The zero-order valence-electron chi connectivity index (χ0n) is 10.6. The van der Waals surface area contributed by atoms with Crippen LogP contribution in [0.25, 0.3) is 5.82 Å². The number of hydrogen-bond donors (Lipinski definition) is 1. The summed E-state index contributed by atoms with van der Waals surface area (Å²) >= 11 is 6.03. The Bertz CT molecular complexity index is 595. The summed E-state index contributed by atoms with van der Waals surface area (Å²) in [5.74, 6) is 0.169. The SMILES string of the molecule is CCNCc1cnc(-n2cc(C(F)(F)F)cn2)c(Cl)c1. The second kappa shape index (κ2) is 5.80. The molecule has 0 unspecified atom stereocenters. The zero-order chi connectivity index (χ0) is 14.8. The molecule has 1 N–H and O–H groups in total. The van der Waals surface area contributed by atoms with Crippen molar-refractivity contribution in [3.05, 3.63) is 40.8 Å². The van der Waals surface area contributed by atoms with Crippen LogP contribution < -0.4 is 5.32 Å². The van der Waals surface area contributed by atoms with Gasteiger partial charge in [-0.1, -0.05) is 18.5 Å². The normalized spacial score (nSPS) is 11.8. The molecule has 0 amide bonds. The first-order valence-electron chi connectivity index (χ1n) is 5.89. The minimum absolute atomic E-state index is 0.169. The van der Waals surface area contributed by atoms with E-state index >= 15 is 0 Å². The Balaban J connectivity index is 2.27. The van der Waals surface area contributed by atoms with Crippen LogP contribution in [-0.4, -0.2) is 21.3 Å². The average molecular weight is 305 g/mol. The van der Waals surface area contributed by atoms with Gasteiger partial charge in [0.1, 0.15) is 0 Å². The average Bonchev–Trinajstić information content (AvgIpc) is 2.85. The number of halogens is 4. The maximum absolute atomic E-state index is 12.5. The third-order valence-corrected chi connectivity index (χ3v) is 2.86. The molecule has 0 bridgehead atoms. The van der Waals surface area contributed by atoms with Crippen molar-refractivity contribution in [3.63, 3.8) is 0 Å². The van der Waals surface area contributed by atoms with Crippen LogP contribution in [0.15, 0.2) is 24.7 Å². The van der Waals surface area contributed by atoms with Crippen molar-refractivity contribution in [2.75, 3.05) is 6.54 Å². The predicted molar refractivity (Wildman–Crippen MR) is 68.8 cm³/mol. The number of rotatable bonds is 4. The van der Waals surface area contributed by atoms with Crippen LogP contribution in [0.2, 0.25) is 5.02 Å². The second-order valence-electron chi connectivity index (χ2n) is 4.10. The number of hydrogen-bond acceptors (Lipinski definition) is 3. The van der Waals surface area contributed by atoms with Gasteiger partial charge in [0.05, 0.1) is 16.8 Å². The largest absolute Gasteiger partial charge is 0.419 e. The molecule has 0 saturated heterocycles. The molecule has 0 saturated carbocycles. The van der Waals surface area contributed by atoms with E-state index in [2.05, 4.69) is 15.4 Å². The Kier molecular flexibility index (Phi) is 4.29. The standard InChI is InChI=1S/C12H12ClF3N4/c1-2-17-4-8-3-10(13)11(18-5-8)20-7-9(6-19-20)12(14,15)16/h3,5-7,17H,2,4H2,1H3. The van der Waals surface area contributed by atoms with Gasteiger partial charge in [-0.2, -0.15) is 18.3 Å². The van der Waals surface area contributed by atoms with Crippen molar-refractivity contribution in [2.45, 2.75) is 19.6 Å². The predicted octanol–water partition coefficient (Wildman–Crippen LogP) is 3.05. The number of pyridine rings is 1. The number of alkyl halides is 3. The summed E-state index contributed by atoms with van der Waals surface area (Å²) in [5.41, 5.74) is 0.0101. The minimum atomic E-state index is -4.43. The van der Waals surface area contributed by atoms with E-state index in [1.54, 1.807) is 12.3 Å². The van der Waals surface area contributed by atoms with Gasteiger partial charge in [-0.3, -0.25) is 0 Å². The van der Waals surface area contributed by atoms with Crippen LogP contribution in [0.4, 0.5) is 13.2 Å². The van der Waals surface area contributed by atoms with E-state index in [-0.39, 0.29) is 10.8 Å². The lowest BCUT2D eigenvalue weighted by Gasteiger charge is -2.07. The summed E-state index contributed by atoms with van der Waals surface area (Å²) < 4.78 is 38.5. The van der Waals surface area contributed by atoms with Crippen molar-refractivity contribution in [1.29, 1.82) is 0 Å². The summed E-state index contributed by atoms with van der Waals surface area (Å²) in [6.07, 6.45) is -1.28. The first kappa shape index (κ1) is 14.8. The summed E-state index contributed by atoms with van der Waals surface area (Å²) in [6, 6.07) is 1.65. The Morgan fingerprint density at radius 1 is 1.35 bits per heavy atom. The van der Waals surface area contributed by atoms with Gasteiger partial charge in [0.15, 0.2) is 5.82 Å². The van der Waals surface area contributed by atoms with Crippen LogP contribution in [0.5, 0.6) is 0 Å². The van der Waals surface area contributed by atoms with E-state index < -0.39 is 11.7 Å². The summed E-state index contributed by atoms with van der Waals surface area (Å²) in [5, 5.41) is 6.99. The molecule has 0 aromatic carbocycles. The van der Waals surface area contributed by atoms with Crippen LogP contribution in [0.3, 0.4) is 0 Å². The molecule has 0 radical (unpaired) electrons. The van der Waals surface area contributed by atoms with E-state index in [1.165, 1.54) is 0 Å². The molecule has 0 spiro atoms. The van der Waals surface area contributed by atoms with Crippen LogP contribution in [0.1, 0.15) is 18.1 Å². The van der Waals surface area contributed by atoms with Crippen molar-refractivity contribution in [2.24, 2.45) is 0 Å².